The molecular formula is C10H13BrFN. The van der Waals surface area contributed by atoms with Gasteiger partial charge in [0.2, 0.25) is 0 Å². The van der Waals surface area contributed by atoms with E-state index in [1.807, 2.05) is 13.8 Å². The van der Waals surface area contributed by atoms with Crippen molar-refractivity contribution in [3.05, 3.63) is 34.1 Å². The van der Waals surface area contributed by atoms with E-state index >= 15 is 0 Å². The zero-order valence-electron chi connectivity index (χ0n) is 7.72. The fourth-order valence-corrected chi connectivity index (χ4v) is 1.50. The highest BCUT2D eigenvalue weighted by atomic mass is 79.9. The average molecular weight is 246 g/mol. The first-order valence-electron chi connectivity index (χ1n) is 4.23. The van der Waals surface area contributed by atoms with E-state index in [9.17, 15) is 4.39 Å². The molecule has 1 nitrogen and oxygen atoms in total. The van der Waals surface area contributed by atoms with Crippen LogP contribution in [0, 0.1) is 5.82 Å². The molecule has 0 fully saturated rings. The minimum atomic E-state index is -0.236. The summed E-state index contributed by atoms with van der Waals surface area (Å²) >= 11 is 3.15. The van der Waals surface area contributed by atoms with Gasteiger partial charge in [-0.2, -0.15) is 0 Å². The van der Waals surface area contributed by atoms with Gasteiger partial charge in [-0.3, -0.25) is 0 Å². The molecule has 0 bridgehead atoms. The van der Waals surface area contributed by atoms with E-state index in [2.05, 4.69) is 15.9 Å². The molecule has 1 rings (SSSR count). The van der Waals surface area contributed by atoms with E-state index in [-0.39, 0.29) is 17.8 Å². The maximum Gasteiger partial charge on any atom is 0.137 e. The van der Waals surface area contributed by atoms with Gasteiger partial charge in [-0.1, -0.05) is 13.0 Å². The Morgan fingerprint density at radius 2 is 2.00 bits per heavy atom. The molecule has 72 valence electrons. The molecule has 13 heavy (non-hydrogen) atoms. The molecule has 0 heterocycles. The summed E-state index contributed by atoms with van der Waals surface area (Å²) in [6, 6.07) is 5.09. The molecule has 0 spiro atoms. The van der Waals surface area contributed by atoms with Crippen LogP contribution >= 0.6 is 15.9 Å². The summed E-state index contributed by atoms with van der Waals surface area (Å²) in [5, 5.41) is 0. The summed E-state index contributed by atoms with van der Waals surface area (Å²) in [4.78, 5) is 0. The Kier molecular flexibility index (Phi) is 3.45. The van der Waals surface area contributed by atoms with Gasteiger partial charge in [0, 0.05) is 6.04 Å². The highest BCUT2D eigenvalue weighted by molar-refractivity contribution is 9.10. The largest absolute Gasteiger partial charge is 0.327 e. The first-order chi connectivity index (χ1) is 6.02. The van der Waals surface area contributed by atoms with Crippen LogP contribution in [0.2, 0.25) is 0 Å². The molecule has 0 aromatic heterocycles. The van der Waals surface area contributed by atoms with Crippen molar-refractivity contribution in [1.29, 1.82) is 0 Å². The maximum absolute atomic E-state index is 12.9. The van der Waals surface area contributed by atoms with Gasteiger partial charge in [0.15, 0.2) is 0 Å². The summed E-state index contributed by atoms with van der Waals surface area (Å²) in [6.07, 6.45) is 0. The number of nitrogens with two attached hydrogens (primary N) is 1. The maximum atomic E-state index is 12.9. The topological polar surface area (TPSA) is 26.0 Å². The molecule has 0 aliphatic carbocycles. The van der Waals surface area contributed by atoms with Crippen molar-refractivity contribution in [1.82, 2.24) is 0 Å². The van der Waals surface area contributed by atoms with E-state index in [1.165, 1.54) is 6.07 Å². The first kappa shape index (κ1) is 10.7. The Hall–Kier alpha value is -0.410. The lowest BCUT2D eigenvalue weighted by Gasteiger charge is -2.16. The van der Waals surface area contributed by atoms with Gasteiger partial charge < -0.3 is 5.73 Å². The normalized spacial score (nSPS) is 15.5. The molecule has 3 heteroatoms. The van der Waals surface area contributed by atoms with E-state index < -0.39 is 0 Å². The fraction of sp³-hybridized carbons (Fsp3) is 0.400. The van der Waals surface area contributed by atoms with Crippen molar-refractivity contribution in [2.75, 3.05) is 0 Å². The number of benzene rings is 1. The van der Waals surface area contributed by atoms with Crippen molar-refractivity contribution < 1.29 is 4.39 Å². The molecule has 2 atom stereocenters. The van der Waals surface area contributed by atoms with Gasteiger partial charge in [0.05, 0.1) is 4.47 Å². The third kappa shape index (κ3) is 2.51. The molecule has 0 aliphatic rings. The highest BCUT2D eigenvalue weighted by Gasteiger charge is 2.11. The molecule has 1 aromatic carbocycles. The van der Waals surface area contributed by atoms with Gasteiger partial charge in [0.1, 0.15) is 5.82 Å². The summed E-state index contributed by atoms with van der Waals surface area (Å²) in [6.45, 7) is 3.98. The van der Waals surface area contributed by atoms with Crippen LogP contribution in [-0.4, -0.2) is 6.04 Å². The summed E-state index contributed by atoms with van der Waals surface area (Å²) < 4.78 is 13.4. The molecular weight excluding hydrogens is 233 g/mol. The number of hydrogen-bond acceptors (Lipinski definition) is 1. The third-order valence-corrected chi connectivity index (χ3v) is 2.87. The van der Waals surface area contributed by atoms with Crippen molar-refractivity contribution in [3.8, 4) is 0 Å². The Bertz CT molecular complexity index is 299. The van der Waals surface area contributed by atoms with Gasteiger partial charge in [-0.05, 0) is 46.5 Å². The Balaban J connectivity index is 2.97. The monoisotopic (exact) mass is 245 g/mol. The standard InChI is InChI=1S/C10H13BrFN/c1-6(7(2)13)8-3-4-10(12)9(11)5-8/h3-7H,13H2,1-2H3. The minimum Gasteiger partial charge on any atom is -0.327 e. The van der Waals surface area contributed by atoms with Crippen LogP contribution < -0.4 is 5.73 Å². The van der Waals surface area contributed by atoms with Gasteiger partial charge in [-0.15, -0.1) is 0 Å². The second kappa shape index (κ2) is 4.20. The summed E-state index contributed by atoms with van der Waals surface area (Å²) in [5.74, 6) is 0.0116. The minimum absolute atomic E-state index is 0.0809. The van der Waals surface area contributed by atoms with E-state index in [0.717, 1.165) is 5.56 Å². The number of rotatable bonds is 2. The van der Waals surface area contributed by atoms with Crippen LogP contribution in [0.4, 0.5) is 4.39 Å². The Morgan fingerprint density at radius 1 is 1.38 bits per heavy atom. The Morgan fingerprint density at radius 3 is 2.46 bits per heavy atom. The lowest BCUT2D eigenvalue weighted by atomic mass is 9.95. The first-order valence-corrected chi connectivity index (χ1v) is 5.02. The predicted octanol–water partition coefficient (Wildman–Crippen LogP) is 3.04. The number of hydrogen-bond donors (Lipinski definition) is 1. The molecule has 1 aromatic rings. The fourth-order valence-electron chi connectivity index (χ4n) is 1.10. The quantitative estimate of drug-likeness (QED) is 0.852. The molecule has 2 unspecified atom stereocenters. The zero-order valence-corrected chi connectivity index (χ0v) is 9.31. The second-order valence-electron chi connectivity index (χ2n) is 3.32. The molecule has 0 saturated heterocycles. The van der Waals surface area contributed by atoms with Gasteiger partial charge in [-0.25, -0.2) is 4.39 Å². The summed E-state index contributed by atoms with van der Waals surface area (Å²) in [7, 11) is 0. The second-order valence-corrected chi connectivity index (χ2v) is 4.18. The lowest BCUT2D eigenvalue weighted by Crippen LogP contribution is -2.22. The predicted molar refractivity (Wildman–Crippen MR) is 56.2 cm³/mol. The lowest BCUT2D eigenvalue weighted by molar-refractivity contribution is 0.600. The molecule has 0 amide bonds. The molecule has 0 saturated carbocycles. The Labute approximate surface area is 86.3 Å². The van der Waals surface area contributed by atoms with Crippen molar-refractivity contribution in [2.45, 2.75) is 25.8 Å². The SMILES string of the molecule is CC(N)C(C)c1ccc(F)c(Br)c1. The molecule has 0 radical (unpaired) electrons. The van der Waals surface area contributed by atoms with Crippen LogP contribution in [0.15, 0.2) is 22.7 Å². The van der Waals surface area contributed by atoms with Crippen molar-refractivity contribution >= 4 is 15.9 Å². The molecule has 2 N–H and O–H groups in total. The summed E-state index contributed by atoms with van der Waals surface area (Å²) in [5.41, 5.74) is 6.81. The van der Waals surface area contributed by atoms with Crippen LogP contribution in [0.3, 0.4) is 0 Å². The van der Waals surface area contributed by atoms with Crippen molar-refractivity contribution in [2.24, 2.45) is 5.73 Å². The van der Waals surface area contributed by atoms with Crippen LogP contribution in [0.5, 0.6) is 0 Å². The van der Waals surface area contributed by atoms with E-state index in [0.29, 0.717) is 4.47 Å². The van der Waals surface area contributed by atoms with Crippen LogP contribution in [-0.2, 0) is 0 Å². The van der Waals surface area contributed by atoms with Gasteiger partial charge in [0.25, 0.3) is 0 Å². The van der Waals surface area contributed by atoms with Crippen LogP contribution in [0.25, 0.3) is 0 Å². The van der Waals surface area contributed by atoms with Crippen LogP contribution in [0.1, 0.15) is 25.3 Å². The highest BCUT2D eigenvalue weighted by Crippen LogP contribution is 2.23. The average Bonchev–Trinajstić information content (AvgIpc) is 2.08. The smallest absolute Gasteiger partial charge is 0.137 e. The van der Waals surface area contributed by atoms with Crippen molar-refractivity contribution in [3.63, 3.8) is 0 Å². The van der Waals surface area contributed by atoms with E-state index in [1.54, 1.807) is 12.1 Å². The third-order valence-electron chi connectivity index (χ3n) is 2.26. The zero-order chi connectivity index (χ0) is 10.0. The van der Waals surface area contributed by atoms with Gasteiger partial charge >= 0.3 is 0 Å². The molecule has 0 aliphatic heterocycles. The van der Waals surface area contributed by atoms with E-state index in [4.69, 9.17) is 5.73 Å². The number of halogens is 2.